The summed E-state index contributed by atoms with van der Waals surface area (Å²) in [6.07, 6.45) is -0.438. The molecule has 4 nitrogen and oxygen atoms in total. The van der Waals surface area contributed by atoms with Gasteiger partial charge in [-0.15, -0.1) is 24.8 Å². The summed E-state index contributed by atoms with van der Waals surface area (Å²) in [5.41, 5.74) is 1.94. The molecule has 0 bridgehead atoms. The first-order valence-corrected chi connectivity index (χ1v) is 7.29. The van der Waals surface area contributed by atoms with Crippen molar-refractivity contribution in [2.45, 2.75) is 19.6 Å². The van der Waals surface area contributed by atoms with Crippen molar-refractivity contribution in [2.75, 3.05) is 27.2 Å². The highest BCUT2D eigenvalue weighted by Crippen LogP contribution is 2.24. The third kappa shape index (κ3) is 6.94. The fraction of sp³-hybridized carbons (Fsp3) is 0.412. The highest BCUT2D eigenvalue weighted by Gasteiger charge is 2.06. The van der Waals surface area contributed by atoms with Crippen LogP contribution in [0.4, 0.5) is 0 Å². The number of benzene rings is 1. The molecule has 130 valence electrons. The molecule has 2 aromatic rings. The fourth-order valence-electron chi connectivity index (χ4n) is 2.07. The van der Waals surface area contributed by atoms with Crippen molar-refractivity contribution in [1.82, 2.24) is 10.2 Å². The molecule has 1 aromatic carbocycles. The first-order chi connectivity index (χ1) is 10.1. The van der Waals surface area contributed by atoms with Crippen molar-refractivity contribution in [3.8, 4) is 11.3 Å². The maximum Gasteiger partial charge on any atom is 0.134 e. The van der Waals surface area contributed by atoms with Crippen molar-refractivity contribution >= 4 is 24.8 Å². The highest BCUT2D eigenvalue weighted by atomic mass is 35.5. The second-order valence-electron chi connectivity index (χ2n) is 5.54. The molecule has 0 radical (unpaired) electrons. The predicted molar refractivity (Wildman–Crippen MR) is 99.5 cm³/mol. The summed E-state index contributed by atoms with van der Waals surface area (Å²) in [7, 11) is 4.12. The number of hydrogen-bond donors (Lipinski definition) is 2. The minimum Gasteiger partial charge on any atom is -0.460 e. The molecular weight excluding hydrogens is 335 g/mol. The van der Waals surface area contributed by atoms with E-state index in [-0.39, 0.29) is 24.8 Å². The van der Waals surface area contributed by atoms with Gasteiger partial charge in [0.1, 0.15) is 11.5 Å². The summed E-state index contributed by atoms with van der Waals surface area (Å²) in [6.45, 7) is 4.44. The molecular formula is C17H26Cl2N2O2. The molecule has 2 N–H and O–H groups in total. The molecule has 2 rings (SSSR count). The number of rotatable bonds is 7. The molecule has 0 spiro atoms. The van der Waals surface area contributed by atoms with E-state index in [1.807, 2.05) is 36.4 Å². The van der Waals surface area contributed by atoms with Gasteiger partial charge < -0.3 is 19.7 Å². The third-order valence-electron chi connectivity index (χ3n) is 3.37. The Labute approximate surface area is 150 Å². The normalized spacial score (nSPS) is 11.7. The van der Waals surface area contributed by atoms with Gasteiger partial charge in [-0.1, -0.05) is 24.3 Å². The van der Waals surface area contributed by atoms with Crippen LogP contribution in [0.5, 0.6) is 0 Å². The maximum absolute atomic E-state index is 9.51. The van der Waals surface area contributed by atoms with Gasteiger partial charge in [0.25, 0.3) is 0 Å². The third-order valence-corrected chi connectivity index (χ3v) is 3.37. The Hall–Kier alpha value is -1.04. The molecule has 1 heterocycles. The Morgan fingerprint density at radius 3 is 2.30 bits per heavy atom. The Bertz CT molecular complexity index is 554. The van der Waals surface area contributed by atoms with Crippen LogP contribution < -0.4 is 5.32 Å². The number of aliphatic hydroxyl groups is 1. The fourth-order valence-corrected chi connectivity index (χ4v) is 2.07. The molecule has 1 atom stereocenters. The SMILES string of the molecule is CC(O)c1ccc(-c2ccc(CNCCN(C)C)o2)cc1.Cl.Cl. The monoisotopic (exact) mass is 360 g/mol. The molecule has 0 fully saturated rings. The average Bonchev–Trinajstić information content (AvgIpc) is 2.92. The first-order valence-electron chi connectivity index (χ1n) is 7.29. The van der Waals surface area contributed by atoms with E-state index in [1.165, 1.54) is 0 Å². The Morgan fingerprint density at radius 1 is 1.09 bits per heavy atom. The van der Waals surface area contributed by atoms with Crippen LogP contribution in [0.3, 0.4) is 0 Å². The van der Waals surface area contributed by atoms with Gasteiger partial charge in [-0.3, -0.25) is 0 Å². The predicted octanol–water partition coefficient (Wildman–Crippen LogP) is 3.49. The number of halogens is 2. The van der Waals surface area contributed by atoms with Crippen LogP contribution in [0.15, 0.2) is 40.8 Å². The lowest BCUT2D eigenvalue weighted by atomic mass is 10.1. The van der Waals surface area contributed by atoms with E-state index in [9.17, 15) is 5.11 Å². The number of likely N-dealkylation sites (N-methyl/N-ethyl adjacent to an activating group) is 1. The smallest absolute Gasteiger partial charge is 0.134 e. The summed E-state index contributed by atoms with van der Waals surface area (Å²) >= 11 is 0. The lowest BCUT2D eigenvalue weighted by Crippen LogP contribution is -2.25. The minimum absolute atomic E-state index is 0. The van der Waals surface area contributed by atoms with Gasteiger partial charge in [-0.05, 0) is 38.7 Å². The van der Waals surface area contributed by atoms with Crippen LogP contribution in [0.1, 0.15) is 24.4 Å². The summed E-state index contributed by atoms with van der Waals surface area (Å²) in [6, 6.07) is 11.8. The van der Waals surface area contributed by atoms with E-state index in [0.29, 0.717) is 0 Å². The van der Waals surface area contributed by atoms with Crippen LogP contribution in [-0.2, 0) is 6.54 Å². The quantitative estimate of drug-likeness (QED) is 0.742. The summed E-state index contributed by atoms with van der Waals surface area (Å²) in [4.78, 5) is 2.14. The van der Waals surface area contributed by atoms with Crippen LogP contribution in [0.25, 0.3) is 11.3 Å². The number of nitrogens with one attached hydrogen (secondary N) is 1. The zero-order valence-electron chi connectivity index (χ0n) is 13.8. The average molecular weight is 361 g/mol. The highest BCUT2D eigenvalue weighted by molar-refractivity contribution is 5.85. The molecule has 6 heteroatoms. The topological polar surface area (TPSA) is 48.6 Å². The molecule has 23 heavy (non-hydrogen) atoms. The van der Waals surface area contributed by atoms with E-state index in [0.717, 1.165) is 42.3 Å². The Morgan fingerprint density at radius 2 is 1.74 bits per heavy atom. The molecule has 0 saturated heterocycles. The summed E-state index contributed by atoms with van der Waals surface area (Å²) in [5, 5.41) is 12.9. The van der Waals surface area contributed by atoms with E-state index in [4.69, 9.17) is 4.42 Å². The van der Waals surface area contributed by atoms with E-state index in [1.54, 1.807) is 6.92 Å². The van der Waals surface area contributed by atoms with E-state index < -0.39 is 6.10 Å². The number of aliphatic hydroxyl groups excluding tert-OH is 1. The largest absolute Gasteiger partial charge is 0.460 e. The molecule has 0 saturated carbocycles. The van der Waals surface area contributed by atoms with Gasteiger partial charge in [0.2, 0.25) is 0 Å². The minimum atomic E-state index is -0.438. The van der Waals surface area contributed by atoms with Gasteiger partial charge in [0.05, 0.1) is 12.6 Å². The molecule has 0 aliphatic rings. The molecule has 0 aliphatic heterocycles. The van der Waals surface area contributed by atoms with Crippen molar-refractivity contribution in [1.29, 1.82) is 0 Å². The Kier molecular flexibility index (Phi) is 10.2. The lowest BCUT2D eigenvalue weighted by Gasteiger charge is -2.09. The van der Waals surface area contributed by atoms with Crippen molar-refractivity contribution in [2.24, 2.45) is 0 Å². The van der Waals surface area contributed by atoms with Crippen molar-refractivity contribution in [3.63, 3.8) is 0 Å². The number of nitrogens with zero attached hydrogens (tertiary/aromatic N) is 1. The second kappa shape index (κ2) is 10.7. The van der Waals surface area contributed by atoms with Gasteiger partial charge >= 0.3 is 0 Å². The zero-order chi connectivity index (χ0) is 15.2. The van der Waals surface area contributed by atoms with Crippen LogP contribution in [0, 0.1) is 0 Å². The van der Waals surface area contributed by atoms with Gasteiger partial charge in [0, 0.05) is 18.7 Å². The Balaban J connectivity index is 0.00000242. The van der Waals surface area contributed by atoms with Gasteiger partial charge in [0.15, 0.2) is 0 Å². The zero-order valence-corrected chi connectivity index (χ0v) is 15.4. The molecule has 0 aliphatic carbocycles. The standard InChI is InChI=1S/C17H24N2O2.2ClH/c1-13(20)14-4-6-15(7-5-14)17-9-8-16(21-17)12-18-10-11-19(2)3;;/h4-9,13,18,20H,10-12H2,1-3H3;2*1H. The molecule has 1 aromatic heterocycles. The van der Waals surface area contributed by atoms with Crippen LogP contribution >= 0.6 is 24.8 Å². The van der Waals surface area contributed by atoms with E-state index in [2.05, 4.69) is 24.3 Å². The van der Waals surface area contributed by atoms with E-state index >= 15 is 0 Å². The maximum atomic E-state index is 9.51. The van der Waals surface area contributed by atoms with Crippen LogP contribution in [0.2, 0.25) is 0 Å². The summed E-state index contributed by atoms with van der Waals surface area (Å²) in [5.74, 6) is 1.79. The lowest BCUT2D eigenvalue weighted by molar-refractivity contribution is 0.199. The summed E-state index contributed by atoms with van der Waals surface area (Å²) < 4.78 is 5.84. The first kappa shape index (κ1) is 22.0. The molecule has 1 unspecified atom stereocenters. The second-order valence-corrected chi connectivity index (χ2v) is 5.54. The van der Waals surface area contributed by atoms with Gasteiger partial charge in [-0.2, -0.15) is 0 Å². The van der Waals surface area contributed by atoms with Crippen molar-refractivity contribution < 1.29 is 9.52 Å². The number of furan rings is 1. The van der Waals surface area contributed by atoms with Gasteiger partial charge in [-0.25, -0.2) is 0 Å². The van der Waals surface area contributed by atoms with Crippen LogP contribution in [-0.4, -0.2) is 37.2 Å². The number of hydrogen-bond acceptors (Lipinski definition) is 4. The molecule has 0 amide bonds. The van der Waals surface area contributed by atoms with Crippen molar-refractivity contribution in [3.05, 3.63) is 47.7 Å².